The molecular formula is C56H74F2Na2O18S. The van der Waals surface area contributed by atoms with Gasteiger partial charge in [0.25, 0.3) is 0 Å². The minimum atomic E-state index is -5.17. The Bertz CT molecular complexity index is 2520. The van der Waals surface area contributed by atoms with Crippen molar-refractivity contribution in [1.29, 1.82) is 0 Å². The molecule has 0 heterocycles. The maximum absolute atomic E-state index is 17.4. The van der Waals surface area contributed by atoms with Crippen LogP contribution in [0.1, 0.15) is 146 Å². The molecular weight excluding hydrogens is 1080 g/mol. The molecule has 8 rings (SSSR count). The Morgan fingerprint density at radius 2 is 0.899 bits per heavy atom. The summed E-state index contributed by atoms with van der Waals surface area (Å²) in [7, 11) is -5.17. The molecule has 79 heavy (non-hydrogen) atoms. The van der Waals surface area contributed by atoms with Crippen molar-refractivity contribution in [3.05, 3.63) is 47.6 Å². The number of ketones is 4. The number of aliphatic hydroxyl groups excluding tert-OH is 2. The standard InChI is InChI=1S/2C28H37FO7.2Na.H2O4S/c2*1-6-23(33)35-15-22(32)28(36-24(34)7-2)16(3)12-20-19-9-8-17-13-18(30)10-11-25(17,4)27(19,29)21(31)14-26(20,28)5;;;1-5(2,3)4/h2*10-11,13,16,19-21,31H,6-9,12,14-15H2,1-5H3;;;(H2,1,2,3,4)/q;;2*+1;/p-2/t2*16-,19-,20-,21-,25-,26-,27?,28-;;;/m00.../s1. The smallest absolute Gasteiger partial charge is 0.759 e. The third-order valence-corrected chi connectivity index (χ3v) is 19.6. The minimum absolute atomic E-state index is 0. The van der Waals surface area contributed by atoms with Gasteiger partial charge in [0, 0.05) is 81.4 Å². The number of fused-ring (bicyclic) bond motifs is 10. The maximum atomic E-state index is 17.4. The van der Waals surface area contributed by atoms with Crippen LogP contribution in [0.15, 0.2) is 47.6 Å². The number of hydrogen-bond donors (Lipinski definition) is 2. The third-order valence-electron chi connectivity index (χ3n) is 19.6. The Hall–Kier alpha value is -2.83. The molecule has 2 unspecified atom stereocenters. The van der Waals surface area contributed by atoms with Crippen LogP contribution in [0, 0.1) is 57.2 Å². The molecule has 23 heteroatoms. The van der Waals surface area contributed by atoms with Gasteiger partial charge in [-0.05, 0) is 101 Å². The Balaban J connectivity index is 0.000000306. The van der Waals surface area contributed by atoms with Crippen molar-refractivity contribution in [3.63, 3.8) is 0 Å². The van der Waals surface area contributed by atoms with E-state index in [9.17, 15) is 48.6 Å². The molecule has 0 amide bonds. The van der Waals surface area contributed by atoms with Gasteiger partial charge in [-0.25, -0.2) is 8.78 Å². The van der Waals surface area contributed by atoms with E-state index in [1.165, 1.54) is 24.3 Å². The summed E-state index contributed by atoms with van der Waals surface area (Å²) in [5.41, 5.74) is -10.5. The monoisotopic (exact) mass is 1150 g/mol. The summed E-state index contributed by atoms with van der Waals surface area (Å²) < 4.78 is 91.1. The average molecular weight is 1150 g/mol. The Labute approximate surface area is 505 Å². The predicted molar refractivity (Wildman–Crippen MR) is 267 cm³/mol. The molecule has 428 valence electrons. The summed E-state index contributed by atoms with van der Waals surface area (Å²) in [6.07, 6.45) is 8.64. The van der Waals surface area contributed by atoms with E-state index in [1.54, 1.807) is 67.5 Å². The topological polar surface area (TPSA) is 294 Å². The first-order valence-electron chi connectivity index (χ1n) is 26.7. The molecule has 8 aliphatic rings. The molecule has 0 aromatic rings. The van der Waals surface area contributed by atoms with Gasteiger partial charge < -0.3 is 38.3 Å². The first kappa shape index (κ1) is 68.7. The number of carbonyl (C=O) groups excluding carboxylic acids is 8. The fourth-order valence-electron chi connectivity index (χ4n) is 16.0. The summed E-state index contributed by atoms with van der Waals surface area (Å²) in [4.78, 5) is 101. The summed E-state index contributed by atoms with van der Waals surface area (Å²) >= 11 is 0. The van der Waals surface area contributed by atoms with Crippen molar-refractivity contribution in [2.45, 2.75) is 181 Å². The Morgan fingerprint density at radius 1 is 0.595 bits per heavy atom. The van der Waals surface area contributed by atoms with Crippen LogP contribution in [0.4, 0.5) is 8.78 Å². The Morgan fingerprint density at radius 3 is 1.19 bits per heavy atom. The first-order chi connectivity index (χ1) is 35.6. The number of carbonyl (C=O) groups is 8. The summed E-state index contributed by atoms with van der Waals surface area (Å²) in [6.45, 7) is 16.1. The second kappa shape index (κ2) is 24.8. The van der Waals surface area contributed by atoms with Gasteiger partial charge in [-0.1, -0.05) is 78.7 Å². The van der Waals surface area contributed by atoms with Crippen LogP contribution in [0.5, 0.6) is 0 Å². The molecule has 16 atom stereocenters. The van der Waals surface area contributed by atoms with Crippen molar-refractivity contribution in [2.24, 2.45) is 57.2 Å². The zero-order chi connectivity index (χ0) is 57.9. The third kappa shape index (κ3) is 11.2. The van der Waals surface area contributed by atoms with Gasteiger partial charge in [0.2, 0.25) is 11.6 Å². The molecule has 0 aromatic carbocycles. The number of rotatable bonds is 12. The van der Waals surface area contributed by atoms with E-state index in [2.05, 4.69) is 0 Å². The molecule has 0 aliphatic heterocycles. The Kier molecular flexibility index (Phi) is 21.5. The van der Waals surface area contributed by atoms with Crippen LogP contribution in [0.2, 0.25) is 0 Å². The second-order valence-corrected chi connectivity index (χ2v) is 24.0. The number of hydrogen-bond acceptors (Lipinski definition) is 18. The number of allylic oxidation sites excluding steroid dienone is 8. The van der Waals surface area contributed by atoms with E-state index >= 15 is 8.78 Å². The van der Waals surface area contributed by atoms with Gasteiger partial charge in [-0.2, -0.15) is 0 Å². The number of Topliss-reactive ketones (excluding diaryl/α,β-unsaturated/α-hetero) is 2. The fraction of sp³-hybridized carbons (Fsp3) is 0.714. The van der Waals surface area contributed by atoms with E-state index in [1.807, 2.05) is 13.8 Å². The van der Waals surface area contributed by atoms with Gasteiger partial charge >= 0.3 is 83.0 Å². The van der Waals surface area contributed by atoms with Crippen LogP contribution < -0.4 is 59.1 Å². The zero-order valence-electron chi connectivity index (χ0n) is 47.6. The normalized spacial score (nSPS) is 40.0. The number of aliphatic hydroxyl groups is 2. The quantitative estimate of drug-likeness (QED) is 0.0874. The van der Waals surface area contributed by atoms with Crippen LogP contribution in [0.3, 0.4) is 0 Å². The summed E-state index contributed by atoms with van der Waals surface area (Å²) in [5.74, 6) is -6.61. The van der Waals surface area contributed by atoms with Crippen LogP contribution in [0.25, 0.3) is 0 Å². The summed E-state index contributed by atoms with van der Waals surface area (Å²) in [6, 6.07) is 0. The van der Waals surface area contributed by atoms with Crippen LogP contribution in [-0.4, -0.2) is 123 Å². The second-order valence-electron chi connectivity index (χ2n) is 23.2. The van der Waals surface area contributed by atoms with Gasteiger partial charge in [0.05, 0.1) is 12.2 Å². The molecule has 0 spiro atoms. The van der Waals surface area contributed by atoms with Crippen LogP contribution in [-0.2, 0) is 67.7 Å². The molecule has 6 fully saturated rings. The van der Waals surface area contributed by atoms with Crippen molar-refractivity contribution in [3.8, 4) is 0 Å². The van der Waals surface area contributed by atoms with E-state index < -0.39 is 139 Å². The fourth-order valence-corrected chi connectivity index (χ4v) is 16.0. The minimum Gasteiger partial charge on any atom is -0.759 e. The predicted octanol–water partition coefficient (Wildman–Crippen LogP) is 0.305. The molecule has 0 saturated heterocycles. The first-order valence-corrected chi connectivity index (χ1v) is 28.1. The largest absolute Gasteiger partial charge is 1.00 e. The van der Waals surface area contributed by atoms with E-state index in [-0.39, 0.29) is 121 Å². The molecule has 2 N–H and O–H groups in total. The van der Waals surface area contributed by atoms with E-state index in [0.717, 1.165) is 0 Å². The van der Waals surface area contributed by atoms with Crippen molar-refractivity contribution in [1.82, 2.24) is 0 Å². The molecule has 8 aliphatic carbocycles. The van der Waals surface area contributed by atoms with Gasteiger partial charge in [-0.15, -0.1) is 0 Å². The number of alkyl halides is 2. The van der Waals surface area contributed by atoms with E-state index in [4.69, 9.17) is 36.5 Å². The number of halogens is 2. The number of ether oxygens (including phenoxy) is 4. The molecule has 18 nitrogen and oxygen atoms in total. The van der Waals surface area contributed by atoms with Gasteiger partial charge in [-0.3, -0.25) is 46.8 Å². The molecule has 0 aromatic heterocycles. The average Bonchev–Trinajstić information content (AvgIpc) is 3.74. The van der Waals surface area contributed by atoms with Crippen molar-refractivity contribution in [2.75, 3.05) is 13.2 Å². The molecule has 0 radical (unpaired) electrons. The molecule has 6 saturated carbocycles. The zero-order valence-corrected chi connectivity index (χ0v) is 52.4. The number of esters is 4. The van der Waals surface area contributed by atoms with Gasteiger partial charge in [0.15, 0.2) is 47.3 Å². The SMILES string of the molecule is CCC(=O)OCC(=O)[C@@]1(OC(=O)CC)[C@@H](C)C[C@H]2[C@@H]3CCC4=CC(=O)C=C[C@]4(C)C3(F)[C@@H](O)C[C@@]21C.CCC(=O)OCC(=O)[C@@]1(OC(=O)CC)[C@@H](C)C[C@H]2[C@@H]3CCC4=CC(=O)C=C[C@]4(C)C3(F)[C@@H](O)C[C@@]21C.O=S(=O)([O-])[O-].[Na+].[Na+]. The van der Waals surface area contributed by atoms with Crippen molar-refractivity contribution < 1.29 is 153 Å². The van der Waals surface area contributed by atoms with E-state index in [0.29, 0.717) is 49.7 Å². The summed E-state index contributed by atoms with van der Waals surface area (Å²) in [5, 5.41) is 23.1. The van der Waals surface area contributed by atoms with Gasteiger partial charge in [0.1, 0.15) is 0 Å². The van der Waals surface area contributed by atoms with Crippen LogP contribution >= 0.6 is 0 Å². The van der Waals surface area contributed by atoms with Crippen molar-refractivity contribution >= 4 is 57.4 Å². The maximum Gasteiger partial charge on any atom is 1.00 e. The molecule has 0 bridgehead atoms.